The van der Waals surface area contributed by atoms with Gasteiger partial charge in [-0.1, -0.05) is 145 Å². The second-order valence-corrected chi connectivity index (χ2v) is 39.6. The van der Waals surface area contributed by atoms with E-state index in [1.807, 2.05) is 35.5 Å². The molecular formula is C88H141N21O7. The van der Waals surface area contributed by atoms with Crippen LogP contribution in [0, 0.1) is 17.8 Å². The second kappa shape index (κ2) is 41.5. The van der Waals surface area contributed by atoms with E-state index in [0.29, 0.717) is 54.9 Å². The summed E-state index contributed by atoms with van der Waals surface area (Å²) in [5.74, 6) is 6.03. The smallest absolute Gasteiger partial charge is 0.233 e. The van der Waals surface area contributed by atoms with Crippen LogP contribution in [0.2, 0.25) is 0 Å². The van der Waals surface area contributed by atoms with E-state index in [1.54, 1.807) is 26.6 Å². The van der Waals surface area contributed by atoms with Gasteiger partial charge in [0.05, 0.1) is 112 Å². The molecule has 28 nitrogen and oxygen atoms in total. The summed E-state index contributed by atoms with van der Waals surface area (Å²) in [4.78, 5) is 75.8. The predicted molar refractivity (Wildman–Crippen MR) is 459 cm³/mol. The highest BCUT2D eigenvalue weighted by Crippen LogP contribution is 2.32. The number of nitrogens with one attached hydrogen (secondary N) is 5. The first-order valence-corrected chi connectivity index (χ1v) is 41.9. The van der Waals surface area contributed by atoms with E-state index in [9.17, 15) is 14.4 Å². The summed E-state index contributed by atoms with van der Waals surface area (Å²) >= 11 is 0. The SMILES string of the molecule is CC(=O)N1CC(Nc2cc(C(C)(C)C)nc(C(C)(C)C)n2)C1.CC(C)(C)c1cc(NC2CCN(CC(N)=O)CC2)ncn1.CC(C)(C)c1cc(NC2COC2)nc(NC2COC2)n1.CC(C)(C)c1cnnc(CC2CCOC2)c1.CC(C)(C)c1cnnc(CC2COC2)c1.CNC(=O)CN1CCC(Cc2cc(C(C)(C)C)ncn2)CC1. The van der Waals surface area contributed by atoms with Crippen molar-refractivity contribution >= 4 is 41.1 Å². The maximum atomic E-state index is 11.4. The maximum absolute atomic E-state index is 11.4. The number of nitrogens with zero attached hydrogens (tertiary/aromatic N) is 15. The molecule has 13 heterocycles. The number of hydrogen-bond acceptors (Lipinski definition) is 25. The average molecular weight is 1610 g/mol. The molecule has 3 amide bonds. The molecule has 28 heteroatoms. The molecular weight excluding hydrogens is 1460 g/mol. The van der Waals surface area contributed by atoms with Crippen molar-refractivity contribution in [1.82, 2.24) is 80.3 Å². The first-order chi connectivity index (χ1) is 54.3. The van der Waals surface area contributed by atoms with E-state index in [-0.39, 0.29) is 61.7 Å². The predicted octanol–water partition coefficient (Wildman–Crippen LogP) is 11.3. The lowest BCUT2D eigenvalue weighted by Gasteiger charge is -2.39. The number of ether oxygens (including phenoxy) is 4. The summed E-state index contributed by atoms with van der Waals surface area (Å²) in [6.07, 6.45) is 15.4. The van der Waals surface area contributed by atoms with Gasteiger partial charge in [0.1, 0.15) is 35.9 Å². The number of amides is 3. The molecule has 6 aromatic rings. The Balaban J connectivity index is 0.000000175. The van der Waals surface area contributed by atoms with E-state index in [4.69, 9.17) is 29.7 Å². The minimum atomic E-state index is -0.257. The molecule has 13 rings (SSSR count). The number of carbonyl (C=O) groups excluding carboxylic acids is 3. The molecule has 0 aromatic carbocycles. The number of carbonyl (C=O) groups is 3. The van der Waals surface area contributed by atoms with E-state index >= 15 is 0 Å². The monoisotopic (exact) mass is 1600 g/mol. The van der Waals surface area contributed by atoms with Crippen LogP contribution in [-0.4, -0.2) is 229 Å². The largest absolute Gasteiger partial charge is 0.381 e. The van der Waals surface area contributed by atoms with Crippen molar-refractivity contribution in [2.75, 3.05) is 134 Å². The molecule has 7 saturated heterocycles. The summed E-state index contributed by atoms with van der Waals surface area (Å²) in [7, 11) is 1.69. The van der Waals surface area contributed by atoms with Crippen LogP contribution in [0.5, 0.6) is 0 Å². The topological polar surface area (TPSA) is 339 Å². The molecule has 0 bridgehead atoms. The Kier molecular flexibility index (Phi) is 33.4. The second-order valence-electron chi connectivity index (χ2n) is 39.6. The summed E-state index contributed by atoms with van der Waals surface area (Å²) < 4.78 is 20.9. The van der Waals surface area contributed by atoms with E-state index in [2.05, 4.69) is 255 Å². The van der Waals surface area contributed by atoms with Gasteiger partial charge in [-0.05, 0) is 116 Å². The molecule has 0 aliphatic carbocycles. The van der Waals surface area contributed by atoms with Gasteiger partial charge in [-0.15, -0.1) is 0 Å². The summed E-state index contributed by atoms with van der Waals surface area (Å²) in [5.41, 5.74) is 15.5. The molecule has 0 radical (unpaired) electrons. The van der Waals surface area contributed by atoms with Crippen LogP contribution in [0.15, 0.2) is 61.4 Å². The van der Waals surface area contributed by atoms with Crippen molar-refractivity contribution in [3.8, 4) is 0 Å². The molecule has 1 atom stereocenters. The van der Waals surface area contributed by atoms with Crippen molar-refractivity contribution in [3.05, 3.63) is 118 Å². The molecule has 0 spiro atoms. The minimum absolute atomic E-state index is 0.0119. The first-order valence-electron chi connectivity index (χ1n) is 41.9. The summed E-state index contributed by atoms with van der Waals surface area (Å²) in [5, 5.41) is 32.9. The van der Waals surface area contributed by atoms with Crippen LogP contribution in [0.3, 0.4) is 0 Å². The standard InChI is InChI=1S/2C17H28N4O.C15H25N5O.C14H22N4O2.C13H20N2O.C12H18N2O/c1-11(22)21-9-12(10-21)18-14-8-13(16(2,3)4)19-15(20-14)17(5,6)7;1-17(2,3)15-10-14(19-12-20-15)9-13-5-7-21(8-6-13)11-16(22)18-4;1-15(2,3)12-8-14(18-10-17-12)19-11-4-6-20(7-5-11)9-13(16)21;1-14(2,3)11-4-12(15-9-5-19-6-9)18-13(17-11)16-10-7-20-8-10;1-13(2,3)11-7-12(15-14-8-11)6-10-4-5-16-9-10;1-12(2,3)10-5-11(14-13-6-10)4-9-7-15-8-9/h8,12H,9-10H2,1-7H3,(H,18,19,20);10,12-13H,5-9,11H2,1-4H3,(H,18,22);8,10-11H,4-7,9H2,1-3H3,(H2,16,21)(H,17,18,19);4,9-10H,5-8H2,1-3H3,(H2,15,16,17,18);7-8,10H,4-6,9H2,1-3H3;5-6,9H,4,7-8H2,1-3H3. The number of likely N-dealkylation sites (N-methyl/N-ethyl adjacent to an activating group) is 1. The van der Waals surface area contributed by atoms with Gasteiger partial charge in [-0.25, -0.2) is 34.9 Å². The van der Waals surface area contributed by atoms with E-state index in [0.717, 1.165) is 207 Å². The molecule has 7 fully saturated rings. The third-order valence-electron chi connectivity index (χ3n) is 21.3. The van der Waals surface area contributed by atoms with Gasteiger partial charge in [-0.2, -0.15) is 25.4 Å². The third-order valence-corrected chi connectivity index (χ3v) is 21.3. The Morgan fingerprint density at radius 1 is 0.431 bits per heavy atom. The quantitative estimate of drug-likeness (QED) is 0.0465. The Bertz CT molecular complexity index is 3990. The molecule has 7 N–H and O–H groups in total. The van der Waals surface area contributed by atoms with Gasteiger partial charge < -0.3 is 56.2 Å². The van der Waals surface area contributed by atoms with Crippen molar-refractivity contribution in [2.45, 2.75) is 266 Å². The highest BCUT2D eigenvalue weighted by molar-refractivity contribution is 5.77. The van der Waals surface area contributed by atoms with Gasteiger partial charge in [0.2, 0.25) is 23.7 Å². The third kappa shape index (κ3) is 31.3. The highest BCUT2D eigenvalue weighted by atomic mass is 16.5. The minimum Gasteiger partial charge on any atom is -0.381 e. The van der Waals surface area contributed by atoms with Crippen molar-refractivity contribution in [3.63, 3.8) is 0 Å². The molecule has 640 valence electrons. The average Bonchev–Trinajstić information content (AvgIpc) is 0.832. The van der Waals surface area contributed by atoms with Crippen molar-refractivity contribution < 1.29 is 33.3 Å². The number of likely N-dealkylation sites (tertiary alicyclic amines) is 3. The highest BCUT2D eigenvalue weighted by Gasteiger charge is 2.33. The van der Waals surface area contributed by atoms with Gasteiger partial charge in [-0.3, -0.25) is 24.2 Å². The number of rotatable bonds is 18. The zero-order valence-electron chi connectivity index (χ0n) is 74.4. The Morgan fingerprint density at radius 3 is 1.36 bits per heavy atom. The van der Waals surface area contributed by atoms with Crippen LogP contribution in [-0.2, 0) is 90.5 Å². The van der Waals surface area contributed by atoms with Gasteiger partial charge in [0.25, 0.3) is 0 Å². The maximum Gasteiger partial charge on any atom is 0.233 e. The van der Waals surface area contributed by atoms with E-state index < -0.39 is 0 Å². The van der Waals surface area contributed by atoms with Crippen LogP contribution in [0.1, 0.15) is 241 Å². The normalized spacial score (nSPS) is 18.3. The molecule has 6 aromatic heterocycles. The fourth-order valence-corrected chi connectivity index (χ4v) is 13.2. The van der Waals surface area contributed by atoms with Crippen LogP contribution < -0.4 is 32.3 Å². The lowest BCUT2D eigenvalue weighted by molar-refractivity contribution is -0.132. The number of primary amides is 1. The van der Waals surface area contributed by atoms with Crippen molar-refractivity contribution in [1.29, 1.82) is 0 Å². The number of hydrogen-bond donors (Lipinski definition) is 6. The zero-order valence-corrected chi connectivity index (χ0v) is 74.4. The molecule has 7 aliphatic heterocycles. The summed E-state index contributed by atoms with van der Waals surface area (Å²) in [6, 6.07) is 13.9. The van der Waals surface area contributed by atoms with Gasteiger partial charge in [0, 0.05) is 122 Å². The Morgan fingerprint density at radius 2 is 0.888 bits per heavy atom. The zero-order chi connectivity index (χ0) is 85.0. The molecule has 7 aliphatic rings. The molecule has 116 heavy (non-hydrogen) atoms. The van der Waals surface area contributed by atoms with Gasteiger partial charge >= 0.3 is 0 Å². The van der Waals surface area contributed by atoms with Crippen LogP contribution >= 0.6 is 0 Å². The van der Waals surface area contributed by atoms with Crippen LogP contribution in [0.4, 0.5) is 23.4 Å². The summed E-state index contributed by atoms with van der Waals surface area (Å²) in [6.45, 7) is 59.7. The van der Waals surface area contributed by atoms with E-state index in [1.165, 1.54) is 11.1 Å². The Labute approximate surface area is 692 Å². The Hall–Kier alpha value is -8.15. The van der Waals surface area contributed by atoms with Gasteiger partial charge in [0.15, 0.2) is 0 Å². The lowest BCUT2D eigenvalue weighted by Crippen LogP contribution is -2.56. The fraction of sp³-hybridized carbons (Fsp3) is 0.693. The number of piperidine rings is 2. The molecule has 1 unspecified atom stereocenters. The first kappa shape index (κ1) is 93.3. The number of aromatic nitrogens is 12. The van der Waals surface area contributed by atoms with Crippen molar-refractivity contribution in [2.24, 2.45) is 23.5 Å². The fourth-order valence-electron chi connectivity index (χ4n) is 13.2. The lowest BCUT2D eigenvalue weighted by atomic mass is 9.87. The number of nitrogens with two attached hydrogens (primary N) is 1. The number of anilines is 4. The van der Waals surface area contributed by atoms with Crippen LogP contribution in [0.25, 0.3) is 0 Å². The molecule has 0 saturated carbocycles.